The number of carbonyl (C=O) groups excluding carboxylic acids is 2. The maximum absolute atomic E-state index is 11.9. The van der Waals surface area contributed by atoms with E-state index in [0.717, 1.165) is 0 Å². The maximum Gasteiger partial charge on any atom is 0.490 e. The van der Waals surface area contributed by atoms with Gasteiger partial charge in [-0.2, -0.15) is 13.2 Å². The lowest BCUT2D eigenvalue weighted by Gasteiger charge is -2.33. The summed E-state index contributed by atoms with van der Waals surface area (Å²) in [6.07, 6.45) is -4.07. The van der Waals surface area contributed by atoms with E-state index in [0.29, 0.717) is 31.5 Å². The lowest BCUT2D eigenvalue weighted by Crippen LogP contribution is -2.45. The Hall–Kier alpha value is -2.09. The molecule has 1 heterocycles. The molecule has 23 heavy (non-hydrogen) atoms. The van der Waals surface area contributed by atoms with Gasteiger partial charge < -0.3 is 15.8 Å². The summed E-state index contributed by atoms with van der Waals surface area (Å²) in [5.41, 5.74) is 4.55. The third kappa shape index (κ3) is 6.68. The van der Waals surface area contributed by atoms with Crippen LogP contribution in [0.3, 0.4) is 0 Å². The van der Waals surface area contributed by atoms with Crippen LogP contribution in [-0.4, -0.2) is 36.7 Å². The molecule has 0 radical (unpaired) electrons. The molecule has 3 N–H and O–H groups in total. The smallest absolute Gasteiger partial charge is 0.453 e. The Labute approximate surface area is 132 Å². The first kappa shape index (κ1) is 19.0. The number of benzene rings is 1. The van der Waals surface area contributed by atoms with Crippen molar-refractivity contribution in [1.82, 2.24) is 5.32 Å². The molecule has 0 saturated carbocycles. The monoisotopic (exact) mass is 332 g/mol. The van der Waals surface area contributed by atoms with Crippen LogP contribution in [0.1, 0.15) is 30.1 Å². The fourth-order valence-corrected chi connectivity index (χ4v) is 1.94. The predicted octanol–water partition coefficient (Wildman–Crippen LogP) is 2.02. The van der Waals surface area contributed by atoms with E-state index >= 15 is 0 Å². The van der Waals surface area contributed by atoms with Gasteiger partial charge in [0, 0.05) is 5.56 Å². The van der Waals surface area contributed by atoms with Crippen molar-refractivity contribution in [2.45, 2.75) is 31.5 Å². The minimum Gasteiger partial charge on any atom is -0.453 e. The molecule has 8 heteroatoms. The summed E-state index contributed by atoms with van der Waals surface area (Å²) >= 11 is 0. The van der Waals surface area contributed by atoms with E-state index in [2.05, 4.69) is 10.1 Å². The van der Waals surface area contributed by atoms with Gasteiger partial charge in [0.25, 0.3) is 0 Å². The second kappa shape index (κ2) is 7.96. The Bertz CT molecular complexity index is 527. The minimum atomic E-state index is -4.89. The van der Waals surface area contributed by atoms with Crippen LogP contribution in [-0.2, 0) is 9.53 Å². The van der Waals surface area contributed by atoms with Crippen LogP contribution in [0.5, 0.6) is 0 Å². The molecule has 1 aliphatic rings. The topological polar surface area (TPSA) is 81.4 Å². The molecule has 1 saturated heterocycles. The maximum atomic E-state index is 11.9. The fraction of sp³-hybridized carbons (Fsp3) is 0.467. The summed E-state index contributed by atoms with van der Waals surface area (Å²) in [4.78, 5) is 21.0. The van der Waals surface area contributed by atoms with E-state index in [1.165, 1.54) is 6.92 Å². The highest BCUT2D eigenvalue weighted by atomic mass is 19.4. The number of nitrogens with one attached hydrogen (secondary N) is 1. The molecule has 0 aliphatic carbocycles. The molecule has 0 aromatic heterocycles. The molecule has 5 nitrogen and oxygen atoms in total. The highest BCUT2D eigenvalue weighted by Crippen LogP contribution is 2.27. The van der Waals surface area contributed by atoms with Crippen molar-refractivity contribution in [3.05, 3.63) is 35.9 Å². The molecule has 1 aliphatic heterocycles. The van der Waals surface area contributed by atoms with Crippen LogP contribution in [0.15, 0.2) is 30.3 Å². The molecule has 128 valence electrons. The number of amides is 1. The van der Waals surface area contributed by atoms with Crippen molar-refractivity contribution in [3.8, 4) is 0 Å². The van der Waals surface area contributed by atoms with Gasteiger partial charge in [-0.05, 0) is 45.0 Å². The van der Waals surface area contributed by atoms with E-state index in [1.54, 1.807) is 24.3 Å². The van der Waals surface area contributed by atoms with Crippen molar-refractivity contribution >= 4 is 11.9 Å². The van der Waals surface area contributed by atoms with E-state index in [4.69, 9.17) is 5.73 Å². The number of alkyl halides is 3. The number of piperidine rings is 1. The normalized spacial score (nSPS) is 16.7. The fourth-order valence-electron chi connectivity index (χ4n) is 1.94. The van der Waals surface area contributed by atoms with Gasteiger partial charge >= 0.3 is 12.1 Å². The molecule has 0 spiro atoms. The average Bonchev–Trinajstić information content (AvgIpc) is 2.48. The average molecular weight is 332 g/mol. The SMILES string of the molecule is CC1(OC(=O)C(F)(F)F)CCNCC1.NC(=O)c1ccccc1. The molecule has 1 aromatic carbocycles. The zero-order valence-corrected chi connectivity index (χ0v) is 12.7. The molecule has 1 fully saturated rings. The van der Waals surface area contributed by atoms with Crippen LogP contribution in [0, 0.1) is 0 Å². The Balaban J connectivity index is 0.000000253. The number of hydrogen-bond donors (Lipinski definition) is 2. The Morgan fingerprint density at radius 2 is 1.70 bits per heavy atom. The molecule has 0 atom stereocenters. The molecular formula is C15H19F3N2O3. The van der Waals surface area contributed by atoms with Crippen LogP contribution < -0.4 is 11.1 Å². The summed E-state index contributed by atoms with van der Waals surface area (Å²) in [7, 11) is 0. The first-order valence-electron chi connectivity index (χ1n) is 7.00. The summed E-state index contributed by atoms with van der Waals surface area (Å²) < 4.78 is 40.1. The number of carbonyl (C=O) groups is 2. The van der Waals surface area contributed by atoms with Gasteiger partial charge in [0.1, 0.15) is 5.60 Å². The van der Waals surface area contributed by atoms with Gasteiger partial charge in [-0.1, -0.05) is 18.2 Å². The van der Waals surface area contributed by atoms with Crippen molar-refractivity contribution < 1.29 is 27.5 Å². The van der Waals surface area contributed by atoms with Gasteiger partial charge in [-0.3, -0.25) is 4.79 Å². The predicted molar refractivity (Wildman–Crippen MR) is 77.6 cm³/mol. The quantitative estimate of drug-likeness (QED) is 0.812. The highest BCUT2D eigenvalue weighted by Gasteiger charge is 2.45. The van der Waals surface area contributed by atoms with Gasteiger partial charge in [-0.15, -0.1) is 0 Å². The lowest BCUT2D eigenvalue weighted by atomic mass is 9.94. The standard InChI is InChI=1S/C8H12F3NO2.C7H7NO/c1-7(2-4-12-5-3-7)14-6(13)8(9,10)11;8-7(9)6-4-2-1-3-5-6/h12H,2-5H2,1H3;1-5H,(H2,8,9). The highest BCUT2D eigenvalue weighted by molar-refractivity contribution is 5.92. The van der Waals surface area contributed by atoms with Gasteiger partial charge in [0.15, 0.2) is 0 Å². The van der Waals surface area contributed by atoms with Crippen LogP contribution >= 0.6 is 0 Å². The lowest BCUT2D eigenvalue weighted by molar-refractivity contribution is -0.214. The van der Waals surface area contributed by atoms with Gasteiger partial charge in [-0.25, -0.2) is 4.79 Å². The third-order valence-corrected chi connectivity index (χ3v) is 3.29. The zero-order chi connectivity index (χ0) is 17.5. The molecule has 0 unspecified atom stereocenters. The molecular weight excluding hydrogens is 313 g/mol. The van der Waals surface area contributed by atoms with Crippen LogP contribution in [0.25, 0.3) is 0 Å². The summed E-state index contributed by atoms with van der Waals surface area (Å²) in [5.74, 6) is -2.47. The van der Waals surface area contributed by atoms with Crippen LogP contribution in [0.4, 0.5) is 13.2 Å². The number of nitrogens with two attached hydrogens (primary N) is 1. The van der Waals surface area contributed by atoms with E-state index in [-0.39, 0.29) is 5.91 Å². The number of rotatable bonds is 2. The first-order chi connectivity index (χ1) is 10.6. The number of hydrogen-bond acceptors (Lipinski definition) is 4. The van der Waals surface area contributed by atoms with Crippen molar-refractivity contribution in [2.24, 2.45) is 5.73 Å². The van der Waals surface area contributed by atoms with Crippen molar-refractivity contribution in [1.29, 1.82) is 0 Å². The molecule has 1 amide bonds. The number of halogens is 3. The number of ether oxygens (including phenoxy) is 1. The van der Waals surface area contributed by atoms with E-state index in [9.17, 15) is 22.8 Å². The number of primary amides is 1. The Kier molecular flexibility index (Phi) is 6.56. The third-order valence-electron chi connectivity index (χ3n) is 3.29. The number of esters is 1. The van der Waals surface area contributed by atoms with Crippen molar-refractivity contribution in [2.75, 3.05) is 13.1 Å². The second-order valence-corrected chi connectivity index (χ2v) is 5.32. The summed E-state index contributed by atoms with van der Waals surface area (Å²) in [5, 5.41) is 2.98. The summed E-state index contributed by atoms with van der Waals surface area (Å²) in [6.45, 7) is 2.67. The minimum absolute atomic E-state index is 0.379. The first-order valence-corrected chi connectivity index (χ1v) is 7.00. The van der Waals surface area contributed by atoms with Crippen LogP contribution in [0.2, 0.25) is 0 Å². The largest absolute Gasteiger partial charge is 0.490 e. The zero-order valence-electron chi connectivity index (χ0n) is 12.7. The second-order valence-electron chi connectivity index (χ2n) is 5.32. The van der Waals surface area contributed by atoms with Crippen molar-refractivity contribution in [3.63, 3.8) is 0 Å². The molecule has 1 aromatic rings. The Morgan fingerprint density at radius 3 is 2.09 bits per heavy atom. The summed E-state index contributed by atoms with van der Waals surface area (Å²) in [6, 6.07) is 8.76. The Morgan fingerprint density at radius 1 is 1.17 bits per heavy atom. The van der Waals surface area contributed by atoms with E-state index < -0.39 is 17.7 Å². The molecule has 2 rings (SSSR count). The van der Waals surface area contributed by atoms with Gasteiger partial charge in [0.2, 0.25) is 5.91 Å². The van der Waals surface area contributed by atoms with Gasteiger partial charge in [0.05, 0.1) is 0 Å². The van der Waals surface area contributed by atoms with E-state index in [1.807, 2.05) is 6.07 Å². The molecule has 0 bridgehead atoms.